The first kappa shape index (κ1) is 27.2. The molecule has 3 aromatic rings. The highest BCUT2D eigenvalue weighted by atomic mass is 16.7. The first-order chi connectivity index (χ1) is 19.1. The Bertz CT molecular complexity index is 1490. The molecule has 1 aliphatic carbocycles. The van der Waals surface area contributed by atoms with Crippen molar-refractivity contribution in [1.82, 2.24) is 19.7 Å². The lowest BCUT2D eigenvalue weighted by molar-refractivity contribution is -0.163. The van der Waals surface area contributed by atoms with Crippen LogP contribution in [0.5, 0.6) is 0 Å². The highest BCUT2D eigenvalue weighted by molar-refractivity contribution is 6.04. The molecule has 1 atom stereocenters. The van der Waals surface area contributed by atoms with Crippen LogP contribution in [0.4, 0.5) is 4.79 Å². The number of pyridine rings is 1. The van der Waals surface area contributed by atoms with Crippen molar-refractivity contribution in [2.24, 2.45) is 0 Å². The van der Waals surface area contributed by atoms with Crippen LogP contribution in [0.25, 0.3) is 21.8 Å². The van der Waals surface area contributed by atoms with Crippen molar-refractivity contribution in [1.29, 1.82) is 0 Å². The summed E-state index contributed by atoms with van der Waals surface area (Å²) >= 11 is 0. The van der Waals surface area contributed by atoms with E-state index < -0.39 is 17.5 Å². The Kier molecular flexibility index (Phi) is 7.13. The zero-order chi connectivity index (χ0) is 28.1. The minimum atomic E-state index is -0.566. The molecular formula is C30H40N4O6. The predicted molar refractivity (Wildman–Crippen MR) is 151 cm³/mol. The van der Waals surface area contributed by atoms with E-state index in [-0.39, 0.29) is 11.8 Å². The summed E-state index contributed by atoms with van der Waals surface area (Å²) in [6.45, 7) is 10.2. The smallest absolute Gasteiger partial charge is 0.407 e. The molecular weight excluding hydrogens is 512 g/mol. The van der Waals surface area contributed by atoms with Gasteiger partial charge in [-0.05, 0) is 83.1 Å². The summed E-state index contributed by atoms with van der Waals surface area (Å²) in [6, 6.07) is 4.34. The minimum absolute atomic E-state index is 0.0711. The Morgan fingerprint density at radius 1 is 1.18 bits per heavy atom. The molecule has 2 fully saturated rings. The predicted octanol–water partition coefficient (Wildman–Crippen LogP) is 4.51. The van der Waals surface area contributed by atoms with Crippen LogP contribution in [-0.4, -0.2) is 58.2 Å². The summed E-state index contributed by atoms with van der Waals surface area (Å²) in [5.41, 5.74) is 4.16. The van der Waals surface area contributed by atoms with E-state index in [1.54, 1.807) is 0 Å². The van der Waals surface area contributed by atoms with Crippen molar-refractivity contribution >= 4 is 27.9 Å². The molecule has 40 heavy (non-hydrogen) atoms. The molecule has 1 aromatic carbocycles. The van der Waals surface area contributed by atoms with Crippen molar-refractivity contribution in [3.05, 3.63) is 39.3 Å². The molecule has 10 nitrogen and oxygen atoms in total. The lowest BCUT2D eigenvalue weighted by Crippen LogP contribution is -2.37. The molecule has 0 bridgehead atoms. The molecule has 0 saturated carbocycles. The van der Waals surface area contributed by atoms with Crippen LogP contribution in [0.1, 0.15) is 75.9 Å². The number of aromatic nitrogens is 3. The van der Waals surface area contributed by atoms with E-state index in [0.717, 1.165) is 59.8 Å². The number of carbonyl (C=O) groups excluding carboxylic acids is 1. The number of amides is 1. The molecule has 1 N–H and O–H groups in total. The average Bonchev–Trinajstić information content (AvgIpc) is 3.51. The highest BCUT2D eigenvalue weighted by Crippen LogP contribution is 2.38. The fourth-order valence-electron chi connectivity index (χ4n) is 6.30. The summed E-state index contributed by atoms with van der Waals surface area (Å²) in [7, 11) is 0. The number of benzene rings is 1. The van der Waals surface area contributed by atoms with E-state index >= 15 is 0 Å². The van der Waals surface area contributed by atoms with Gasteiger partial charge in [0.25, 0.3) is 5.56 Å². The number of hydrogen-bond donors (Lipinski definition) is 1. The summed E-state index contributed by atoms with van der Waals surface area (Å²) in [6.07, 6.45) is 5.29. The fourth-order valence-corrected chi connectivity index (χ4v) is 6.30. The van der Waals surface area contributed by atoms with Crippen LogP contribution in [0, 0.1) is 6.92 Å². The van der Waals surface area contributed by atoms with Crippen LogP contribution in [-0.2, 0) is 38.3 Å². The minimum Gasteiger partial charge on any atom is -0.444 e. The first-order valence-electron chi connectivity index (χ1n) is 14.6. The monoisotopic (exact) mass is 552 g/mol. The molecule has 1 spiro atoms. The van der Waals surface area contributed by atoms with Gasteiger partial charge >= 0.3 is 6.09 Å². The molecule has 1 amide bonds. The van der Waals surface area contributed by atoms with Crippen LogP contribution in [0.15, 0.2) is 16.9 Å². The summed E-state index contributed by atoms with van der Waals surface area (Å²) in [5.74, 6) is -0.566. The number of fused-ring (bicyclic) bond motifs is 4. The van der Waals surface area contributed by atoms with Gasteiger partial charge in [-0.25, -0.2) is 9.48 Å². The Labute approximate surface area is 233 Å². The number of nitrogens with zero attached hydrogens (tertiary/aromatic N) is 3. The van der Waals surface area contributed by atoms with Gasteiger partial charge in [-0.3, -0.25) is 4.79 Å². The topological polar surface area (TPSA) is 106 Å². The van der Waals surface area contributed by atoms with Gasteiger partial charge in [0.2, 0.25) is 0 Å². The molecule has 216 valence electrons. The van der Waals surface area contributed by atoms with Crippen LogP contribution < -0.4 is 10.9 Å². The van der Waals surface area contributed by atoms with E-state index in [9.17, 15) is 9.59 Å². The Hall–Kier alpha value is -2.95. The maximum absolute atomic E-state index is 14.1. The number of ether oxygens (including phenoxy) is 4. The summed E-state index contributed by atoms with van der Waals surface area (Å²) in [4.78, 5) is 26.3. The number of nitrogens with one attached hydrogen (secondary N) is 1. The highest BCUT2D eigenvalue weighted by Gasteiger charge is 2.40. The third-order valence-electron chi connectivity index (χ3n) is 8.18. The molecule has 2 aromatic heterocycles. The quantitative estimate of drug-likeness (QED) is 0.465. The number of alkyl carbamates (subject to hydrolysis) is 1. The second-order valence-electron chi connectivity index (χ2n) is 12.2. The molecule has 1 unspecified atom stereocenters. The van der Waals surface area contributed by atoms with Crippen molar-refractivity contribution in [2.75, 3.05) is 26.4 Å². The number of rotatable bonds is 5. The number of hydrogen-bond acceptors (Lipinski definition) is 7. The van der Waals surface area contributed by atoms with E-state index in [0.29, 0.717) is 51.1 Å². The lowest BCUT2D eigenvalue weighted by Gasteiger charge is -2.33. The molecule has 6 rings (SSSR count). The van der Waals surface area contributed by atoms with Gasteiger partial charge < -0.3 is 28.8 Å². The molecule has 10 heteroatoms. The third kappa shape index (κ3) is 5.12. The number of carbonyl (C=O) groups is 1. The third-order valence-corrected chi connectivity index (χ3v) is 8.18. The van der Waals surface area contributed by atoms with Crippen molar-refractivity contribution < 1.29 is 23.7 Å². The van der Waals surface area contributed by atoms with Crippen molar-refractivity contribution in [3.8, 4) is 0 Å². The van der Waals surface area contributed by atoms with Gasteiger partial charge in [0, 0.05) is 37.9 Å². The Balaban J connectivity index is 1.40. The number of aryl methyl sites for hydroxylation is 3. The first-order valence-corrected chi connectivity index (χ1v) is 14.6. The molecule has 4 heterocycles. The molecule has 2 aliphatic heterocycles. The van der Waals surface area contributed by atoms with Crippen LogP contribution in [0.2, 0.25) is 0 Å². The summed E-state index contributed by atoms with van der Waals surface area (Å²) in [5, 5.41) is 9.41. The molecule has 0 radical (unpaired) electrons. The van der Waals surface area contributed by atoms with E-state index in [1.165, 1.54) is 5.56 Å². The van der Waals surface area contributed by atoms with Crippen LogP contribution in [0.3, 0.4) is 0 Å². The zero-order valence-electron chi connectivity index (χ0n) is 24.0. The fraction of sp³-hybridized carbons (Fsp3) is 0.633. The Morgan fingerprint density at radius 3 is 2.70 bits per heavy atom. The van der Waals surface area contributed by atoms with Gasteiger partial charge in [-0.1, -0.05) is 0 Å². The standard InChI is InChI=1S/C30H40N4O6/c1-19-25-26(32-34(19)24-8-5-6-13-37-24)22-16-20-9-10-30(38-14-15-39-30)18-21(20)17-23(22)33(27(25)35)12-7-11-31-28(36)40-29(2,3)4/h16-17,24H,5-15,18H2,1-4H3,(H,31,36). The zero-order valence-corrected chi connectivity index (χ0v) is 24.0. The van der Waals surface area contributed by atoms with Gasteiger partial charge in [-0.15, -0.1) is 0 Å². The maximum atomic E-state index is 14.1. The van der Waals surface area contributed by atoms with E-state index in [4.69, 9.17) is 24.0 Å². The maximum Gasteiger partial charge on any atom is 0.407 e. The van der Waals surface area contributed by atoms with Gasteiger partial charge in [0.05, 0.1) is 29.8 Å². The SMILES string of the molecule is Cc1c2c(=O)n(CCCNC(=O)OC(C)(C)C)c3cc4c(cc3c2nn1C1CCCCO1)CCC1(C4)OCCO1. The van der Waals surface area contributed by atoms with E-state index in [1.807, 2.05) is 36.9 Å². The van der Waals surface area contributed by atoms with Gasteiger partial charge in [-0.2, -0.15) is 5.10 Å². The second kappa shape index (κ2) is 10.5. The van der Waals surface area contributed by atoms with Gasteiger partial charge in [0.1, 0.15) is 17.3 Å². The largest absolute Gasteiger partial charge is 0.444 e. The summed E-state index contributed by atoms with van der Waals surface area (Å²) < 4.78 is 27.2. The Morgan fingerprint density at radius 2 is 1.98 bits per heavy atom. The van der Waals surface area contributed by atoms with E-state index in [2.05, 4.69) is 17.4 Å². The van der Waals surface area contributed by atoms with Crippen molar-refractivity contribution in [2.45, 2.75) is 96.8 Å². The van der Waals surface area contributed by atoms with Crippen LogP contribution >= 0.6 is 0 Å². The lowest BCUT2D eigenvalue weighted by atomic mass is 9.86. The molecule has 2 saturated heterocycles. The average molecular weight is 553 g/mol. The van der Waals surface area contributed by atoms with Crippen molar-refractivity contribution in [3.63, 3.8) is 0 Å². The second-order valence-corrected chi connectivity index (χ2v) is 12.2. The molecule has 3 aliphatic rings. The normalized spacial score (nSPS) is 20.8. The van der Waals surface area contributed by atoms with Gasteiger partial charge in [0.15, 0.2) is 5.79 Å².